The van der Waals surface area contributed by atoms with Crippen LogP contribution in [0.2, 0.25) is 0 Å². The molecule has 0 fully saturated rings. The van der Waals surface area contributed by atoms with Crippen molar-refractivity contribution in [1.82, 2.24) is 15.1 Å². The Balaban J connectivity index is 1.74. The van der Waals surface area contributed by atoms with Crippen LogP contribution in [-0.2, 0) is 6.18 Å². The van der Waals surface area contributed by atoms with Gasteiger partial charge in [-0.05, 0) is 37.6 Å². The molecule has 9 heteroatoms. The summed E-state index contributed by atoms with van der Waals surface area (Å²) in [5.41, 5.74) is 8.32. The number of aromatic nitrogens is 3. The van der Waals surface area contributed by atoms with E-state index >= 15 is 0 Å². The van der Waals surface area contributed by atoms with Gasteiger partial charge in [-0.3, -0.25) is 0 Å². The maximum absolute atomic E-state index is 12.7. The zero-order valence-electron chi connectivity index (χ0n) is 14.3. The van der Waals surface area contributed by atoms with Gasteiger partial charge in [-0.25, -0.2) is 4.98 Å². The number of halogens is 3. The molecule has 0 saturated heterocycles. The topological polar surface area (TPSA) is 77.8 Å². The van der Waals surface area contributed by atoms with E-state index in [2.05, 4.69) is 15.1 Å². The van der Waals surface area contributed by atoms with Crippen molar-refractivity contribution in [2.45, 2.75) is 20.0 Å². The summed E-state index contributed by atoms with van der Waals surface area (Å²) in [6.45, 7) is 3.85. The number of aryl methyl sites for hydroxylation is 2. The van der Waals surface area contributed by atoms with Gasteiger partial charge in [0.2, 0.25) is 5.82 Å². The predicted molar refractivity (Wildman–Crippen MR) is 97.2 cm³/mol. The smallest absolute Gasteiger partial charge is 0.397 e. The maximum atomic E-state index is 12.7. The molecule has 3 aromatic heterocycles. The standard InChI is InChI=1S/C18H13F3N4OS/c1-8-7-9(2)23-17-12(8)13(22)14(27-17)16-24-15(25-26-16)10-3-5-11(6-4-10)18(19,20)21/h3-7H,22H2,1-2H3. The van der Waals surface area contributed by atoms with E-state index in [0.29, 0.717) is 16.1 Å². The van der Waals surface area contributed by atoms with Crippen molar-refractivity contribution in [2.75, 3.05) is 5.73 Å². The summed E-state index contributed by atoms with van der Waals surface area (Å²) in [6.07, 6.45) is -4.39. The molecule has 0 bridgehead atoms. The van der Waals surface area contributed by atoms with Gasteiger partial charge < -0.3 is 10.3 Å². The Morgan fingerprint density at radius 3 is 2.44 bits per heavy atom. The number of rotatable bonds is 2. The number of anilines is 1. The number of hydrogen-bond acceptors (Lipinski definition) is 6. The number of benzene rings is 1. The van der Waals surface area contributed by atoms with E-state index in [0.717, 1.165) is 33.6 Å². The molecular formula is C18H13F3N4OS. The Hall–Kier alpha value is -2.94. The zero-order valence-corrected chi connectivity index (χ0v) is 15.1. The average molecular weight is 390 g/mol. The SMILES string of the molecule is Cc1cc(C)c2c(N)c(-c3nc(-c4ccc(C(F)(F)F)cc4)no3)sc2n1. The molecule has 0 unspecified atom stereocenters. The summed E-state index contributed by atoms with van der Waals surface area (Å²) in [5.74, 6) is 0.402. The molecule has 0 amide bonds. The second-order valence-corrected chi connectivity index (χ2v) is 7.10. The van der Waals surface area contributed by atoms with Crippen LogP contribution in [0.4, 0.5) is 18.9 Å². The van der Waals surface area contributed by atoms with Crippen LogP contribution in [0.15, 0.2) is 34.9 Å². The monoisotopic (exact) mass is 390 g/mol. The molecule has 27 heavy (non-hydrogen) atoms. The zero-order chi connectivity index (χ0) is 19.3. The quantitative estimate of drug-likeness (QED) is 0.507. The number of nitrogens with zero attached hydrogens (tertiary/aromatic N) is 3. The van der Waals surface area contributed by atoms with Crippen LogP contribution in [0.5, 0.6) is 0 Å². The van der Waals surface area contributed by atoms with Crippen LogP contribution in [-0.4, -0.2) is 15.1 Å². The minimum absolute atomic E-state index is 0.191. The highest BCUT2D eigenvalue weighted by atomic mass is 32.1. The third kappa shape index (κ3) is 3.03. The number of alkyl halides is 3. The van der Waals surface area contributed by atoms with E-state index in [1.54, 1.807) is 0 Å². The second kappa shape index (κ2) is 6.05. The lowest BCUT2D eigenvalue weighted by molar-refractivity contribution is -0.137. The summed E-state index contributed by atoms with van der Waals surface area (Å²) in [7, 11) is 0. The molecule has 3 heterocycles. The van der Waals surface area contributed by atoms with Gasteiger partial charge in [-0.1, -0.05) is 17.3 Å². The van der Waals surface area contributed by atoms with E-state index in [1.807, 2.05) is 19.9 Å². The fourth-order valence-electron chi connectivity index (χ4n) is 2.87. The number of thiophene rings is 1. The largest absolute Gasteiger partial charge is 0.416 e. The van der Waals surface area contributed by atoms with Crippen molar-refractivity contribution in [2.24, 2.45) is 0 Å². The number of fused-ring (bicyclic) bond motifs is 1. The van der Waals surface area contributed by atoms with Crippen LogP contribution >= 0.6 is 11.3 Å². The number of nitrogen functional groups attached to an aromatic ring is 1. The molecule has 0 aliphatic carbocycles. The average Bonchev–Trinajstić information content (AvgIpc) is 3.19. The first kappa shape index (κ1) is 17.5. The van der Waals surface area contributed by atoms with Gasteiger partial charge in [0.15, 0.2) is 0 Å². The van der Waals surface area contributed by atoms with E-state index in [4.69, 9.17) is 10.3 Å². The number of nitrogens with two attached hydrogens (primary N) is 1. The Bertz CT molecular complexity index is 1150. The molecule has 5 nitrogen and oxygen atoms in total. The summed E-state index contributed by atoms with van der Waals surface area (Å²) in [6, 6.07) is 6.52. The molecule has 4 rings (SSSR count). The highest BCUT2D eigenvalue weighted by molar-refractivity contribution is 7.22. The predicted octanol–water partition coefficient (Wildman–Crippen LogP) is 5.23. The normalized spacial score (nSPS) is 12.0. The van der Waals surface area contributed by atoms with Crippen molar-refractivity contribution in [3.63, 3.8) is 0 Å². The molecule has 1 aromatic carbocycles. The van der Waals surface area contributed by atoms with E-state index < -0.39 is 11.7 Å². The molecule has 4 aromatic rings. The van der Waals surface area contributed by atoms with Crippen LogP contribution in [0, 0.1) is 13.8 Å². The Labute approximate surface area is 155 Å². The first-order valence-electron chi connectivity index (χ1n) is 7.92. The van der Waals surface area contributed by atoms with Crippen molar-refractivity contribution in [3.8, 4) is 22.2 Å². The molecule has 0 aliphatic heterocycles. The van der Waals surface area contributed by atoms with Gasteiger partial charge in [0.1, 0.15) is 9.71 Å². The lowest BCUT2D eigenvalue weighted by atomic mass is 10.1. The first-order chi connectivity index (χ1) is 12.7. The summed E-state index contributed by atoms with van der Waals surface area (Å²) in [5, 5.41) is 4.71. The fraction of sp³-hybridized carbons (Fsp3) is 0.167. The fourth-order valence-corrected chi connectivity index (χ4v) is 4.01. The van der Waals surface area contributed by atoms with Gasteiger partial charge >= 0.3 is 6.18 Å². The van der Waals surface area contributed by atoms with Crippen LogP contribution in [0.3, 0.4) is 0 Å². The Morgan fingerprint density at radius 2 is 1.78 bits per heavy atom. The lowest BCUT2D eigenvalue weighted by Gasteiger charge is -2.05. The molecule has 0 spiro atoms. The minimum Gasteiger partial charge on any atom is -0.397 e. The summed E-state index contributed by atoms with van der Waals surface area (Å²) < 4.78 is 43.4. The molecule has 0 atom stereocenters. The van der Waals surface area contributed by atoms with E-state index in [1.165, 1.54) is 23.5 Å². The van der Waals surface area contributed by atoms with Gasteiger partial charge in [-0.2, -0.15) is 18.2 Å². The Morgan fingerprint density at radius 1 is 1.07 bits per heavy atom. The molecular weight excluding hydrogens is 377 g/mol. The maximum Gasteiger partial charge on any atom is 0.416 e. The second-order valence-electron chi connectivity index (χ2n) is 6.10. The highest BCUT2D eigenvalue weighted by Crippen LogP contribution is 2.41. The van der Waals surface area contributed by atoms with Crippen molar-refractivity contribution in [1.29, 1.82) is 0 Å². The third-order valence-corrected chi connectivity index (χ3v) is 5.20. The van der Waals surface area contributed by atoms with Crippen molar-refractivity contribution in [3.05, 3.63) is 47.2 Å². The molecule has 138 valence electrons. The lowest BCUT2D eigenvalue weighted by Crippen LogP contribution is -2.04. The van der Waals surface area contributed by atoms with E-state index in [-0.39, 0.29) is 11.7 Å². The molecule has 2 N–H and O–H groups in total. The van der Waals surface area contributed by atoms with Crippen molar-refractivity contribution < 1.29 is 17.7 Å². The number of hydrogen-bond donors (Lipinski definition) is 1. The van der Waals surface area contributed by atoms with E-state index in [9.17, 15) is 13.2 Å². The van der Waals surface area contributed by atoms with Crippen LogP contribution in [0.1, 0.15) is 16.8 Å². The minimum atomic E-state index is -4.39. The molecule has 0 aliphatic rings. The third-order valence-electron chi connectivity index (χ3n) is 4.11. The summed E-state index contributed by atoms with van der Waals surface area (Å²) >= 11 is 1.34. The Kier molecular flexibility index (Phi) is 3.92. The van der Waals surface area contributed by atoms with Gasteiger partial charge in [-0.15, -0.1) is 11.3 Å². The van der Waals surface area contributed by atoms with Crippen molar-refractivity contribution >= 4 is 27.2 Å². The van der Waals surface area contributed by atoms with Gasteiger partial charge in [0, 0.05) is 16.6 Å². The highest BCUT2D eigenvalue weighted by Gasteiger charge is 2.30. The summed E-state index contributed by atoms with van der Waals surface area (Å²) in [4.78, 5) is 10.1. The number of pyridine rings is 1. The van der Waals surface area contributed by atoms with Gasteiger partial charge in [0.05, 0.1) is 11.3 Å². The molecule has 0 radical (unpaired) electrons. The molecule has 0 saturated carbocycles. The van der Waals surface area contributed by atoms with Crippen LogP contribution < -0.4 is 5.73 Å². The van der Waals surface area contributed by atoms with Crippen LogP contribution in [0.25, 0.3) is 32.4 Å². The van der Waals surface area contributed by atoms with Gasteiger partial charge in [0.25, 0.3) is 5.89 Å². The first-order valence-corrected chi connectivity index (χ1v) is 8.73.